The van der Waals surface area contributed by atoms with Crippen molar-refractivity contribution in [2.45, 2.75) is 19.9 Å². The van der Waals surface area contributed by atoms with E-state index in [1.54, 1.807) is 15.3 Å². The Balaban J connectivity index is 0.00000113. The minimum absolute atomic E-state index is 0. The predicted octanol–water partition coefficient (Wildman–Crippen LogP) is 0.205. The van der Waals surface area contributed by atoms with E-state index in [2.05, 4.69) is 15.2 Å². The summed E-state index contributed by atoms with van der Waals surface area (Å²) in [4.78, 5) is 17.4. The van der Waals surface area contributed by atoms with Gasteiger partial charge in [0.1, 0.15) is 5.52 Å². The van der Waals surface area contributed by atoms with Crippen molar-refractivity contribution in [2.24, 2.45) is 7.05 Å². The lowest BCUT2D eigenvalue weighted by Crippen LogP contribution is -2.28. The molecule has 3 heterocycles. The molecule has 132 valence electrons. The summed E-state index contributed by atoms with van der Waals surface area (Å²) in [5, 5.41) is 8.51. The molecule has 3 aromatic heterocycles. The zero-order valence-corrected chi connectivity index (χ0v) is 14.0. The highest BCUT2D eigenvalue weighted by molar-refractivity contribution is 5.86. The van der Waals surface area contributed by atoms with E-state index < -0.39 is 0 Å². The average Bonchev–Trinajstić information content (AvgIpc) is 3.16. The largest absolute Gasteiger partial charge is 0.412 e. The summed E-state index contributed by atoms with van der Waals surface area (Å²) in [5.74, 6) is 0.554. The number of aryl methyl sites for hydroxylation is 2. The first kappa shape index (κ1) is 18.3. The first-order valence-electron chi connectivity index (χ1n) is 7.56. The number of hydrogen-bond acceptors (Lipinski definition) is 4. The zero-order chi connectivity index (χ0) is 16.0. The fourth-order valence-corrected chi connectivity index (χ4v) is 2.90. The lowest BCUT2D eigenvalue weighted by molar-refractivity contribution is 0.648. The molecule has 25 heavy (non-hydrogen) atoms. The maximum Gasteiger partial charge on any atom is 0.337 e. The van der Waals surface area contributed by atoms with Crippen molar-refractivity contribution >= 4 is 16.8 Å². The van der Waals surface area contributed by atoms with Crippen molar-refractivity contribution in [3.8, 4) is 11.4 Å². The second-order valence-electron chi connectivity index (χ2n) is 5.51. The van der Waals surface area contributed by atoms with Crippen LogP contribution in [0.2, 0.25) is 0 Å². The molecule has 0 aliphatic heterocycles. The van der Waals surface area contributed by atoms with E-state index in [0.717, 1.165) is 17.5 Å². The van der Waals surface area contributed by atoms with Gasteiger partial charge in [0.05, 0.1) is 6.33 Å². The fraction of sp³-hybridized carbons (Fsp3) is 0.250. The molecule has 0 bridgehead atoms. The molecule has 4 rings (SSSR count). The molecule has 9 nitrogen and oxygen atoms in total. The molecule has 9 heteroatoms. The van der Waals surface area contributed by atoms with Gasteiger partial charge in [-0.1, -0.05) is 37.3 Å². The summed E-state index contributed by atoms with van der Waals surface area (Å²) in [7, 11) is 1.90. The van der Waals surface area contributed by atoms with Crippen molar-refractivity contribution in [3.63, 3.8) is 0 Å². The minimum Gasteiger partial charge on any atom is -0.412 e. The SMILES string of the molecule is CCCn1c(=O)n2c(-c3ccccc3)nnc2c2c1ncn2C.O.O. The van der Waals surface area contributed by atoms with Crippen molar-refractivity contribution < 1.29 is 11.0 Å². The molecule has 0 saturated heterocycles. The lowest BCUT2D eigenvalue weighted by atomic mass is 10.2. The first-order chi connectivity index (χ1) is 11.2. The maximum absolute atomic E-state index is 13.0. The highest BCUT2D eigenvalue weighted by Gasteiger charge is 2.19. The van der Waals surface area contributed by atoms with Gasteiger partial charge in [0.25, 0.3) is 0 Å². The van der Waals surface area contributed by atoms with Gasteiger partial charge in [-0.2, -0.15) is 0 Å². The Kier molecular flexibility index (Phi) is 5.00. The molecule has 0 unspecified atom stereocenters. The normalized spacial score (nSPS) is 10.6. The third kappa shape index (κ3) is 2.59. The van der Waals surface area contributed by atoms with Crippen LogP contribution < -0.4 is 5.69 Å². The van der Waals surface area contributed by atoms with Crippen LogP contribution in [-0.4, -0.2) is 39.7 Å². The van der Waals surface area contributed by atoms with Crippen LogP contribution in [0.4, 0.5) is 0 Å². The van der Waals surface area contributed by atoms with Gasteiger partial charge in [-0.25, -0.2) is 14.2 Å². The standard InChI is InChI=1S/C16H16N6O.2H2O/c1-3-9-21-14-12(20(2)10-17-14)15-19-18-13(22(15)16(21)23)11-7-5-4-6-8-11;;/h4-8,10H,3,9H2,1-2H3;2*1H2. The van der Waals surface area contributed by atoms with Crippen molar-refractivity contribution in [3.05, 3.63) is 47.1 Å². The zero-order valence-electron chi connectivity index (χ0n) is 14.0. The van der Waals surface area contributed by atoms with E-state index in [1.807, 2.05) is 48.9 Å². The monoisotopic (exact) mass is 344 g/mol. The van der Waals surface area contributed by atoms with E-state index in [9.17, 15) is 4.79 Å². The van der Waals surface area contributed by atoms with Crippen molar-refractivity contribution in [1.82, 2.24) is 28.7 Å². The van der Waals surface area contributed by atoms with Crippen LogP contribution in [0.15, 0.2) is 41.5 Å². The summed E-state index contributed by atoms with van der Waals surface area (Å²) in [5.41, 5.74) is 2.71. The third-order valence-electron chi connectivity index (χ3n) is 3.95. The van der Waals surface area contributed by atoms with Crippen LogP contribution in [0, 0.1) is 0 Å². The Morgan fingerprint density at radius 1 is 1.04 bits per heavy atom. The van der Waals surface area contributed by atoms with Gasteiger partial charge in [-0.15, -0.1) is 10.2 Å². The number of aromatic nitrogens is 6. The summed E-state index contributed by atoms with van der Waals surface area (Å²) < 4.78 is 5.15. The van der Waals surface area contributed by atoms with E-state index in [1.165, 1.54) is 0 Å². The molecule has 0 amide bonds. The number of rotatable bonds is 3. The number of imidazole rings is 1. The van der Waals surface area contributed by atoms with Crippen LogP contribution in [0.1, 0.15) is 13.3 Å². The highest BCUT2D eigenvalue weighted by atomic mass is 16.1. The average molecular weight is 344 g/mol. The van der Waals surface area contributed by atoms with Gasteiger partial charge in [0.15, 0.2) is 17.1 Å². The van der Waals surface area contributed by atoms with Crippen molar-refractivity contribution in [1.29, 1.82) is 0 Å². The van der Waals surface area contributed by atoms with Crippen LogP contribution in [-0.2, 0) is 13.6 Å². The summed E-state index contributed by atoms with van der Waals surface area (Å²) in [6.07, 6.45) is 2.55. The quantitative estimate of drug-likeness (QED) is 0.525. The molecule has 0 aliphatic carbocycles. The number of fused-ring (bicyclic) bond motifs is 3. The predicted molar refractivity (Wildman–Crippen MR) is 94.5 cm³/mol. The van der Waals surface area contributed by atoms with Crippen LogP contribution in [0.25, 0.3) is 28.2 Å². The summed E-state index contributed by atoms with van der Waals surface area (Å²) in [6.45, 7) is 2.64. The second-order valence-corrected chi connectivity index (χ2v) is 5.51. The van der Waals surface area contributed by atoms with Gasteiger partial charge in [-0.05, 0) is 6.42 Å². The van der Waals surface area contributed by atoms with Gasteiger partial charge in [0.2, 0.25) is 0 Å². The summed E-state index contributed by atoms with van der Waals surface area (Å²) >= 11 is 0. The van der Waals surface area contributed by atoms with Crippen LogP contribution in [0.3, 0.4) is 0 Å². The van der Waals surface area contributed by atoms with Gasteiger partial charge in [-0.3, -0.25) is 4.57 Å². The topological polar surface area (TPSA) is 133 Å². The molecule has 0 radical (unpaired) electrons. The van der Waals surface area contributed by atoms with Gasteiger partial charge in [0, 0.05) is 19.2 Å². The third-order valence-corrected chi connectivity index (χ3v) is 3.95. The number of hydrogen-bond donors (Lipinski definition) is 0. The molecule has 1 aromatic carbocycles. The number of nitrogens with zero attached hydrogens (tertiary/aromatic N) is 6. The fourth-order valence-electron chi connectivity index (χ4n) is 2.90. The molecule has 4 N–H and O–H groups in total. The van der Waals surface area contributed by atoms with E-state index in [-0.39, 0.29) is 16.6 Å². The minimum atomic E-state index is -0.156. The Bertz CT molecular complexity index is 1060. The Morgan fingerprint density at radius 2 is 1.76 bits per heavy atom. The molecular formula is C16H20N6O3. The molecule has 0 spiro atoms. The molecule has 4 aromatic rings. The van der Waals surface area contributed by atoms with Gasteiger partial charge < -0.3 is 15.5 Å². The van der Waals surface area contributed by atoms with Crippen LogP contribution in [0.5, 0.6) is 0 Å². The lowest BCUT2D eigenvalue weighted by Gasteiger charge is -2.08. The molecule has 0 saturated carbocycles. The Hall–Kier alpha value is -3.04. The number of benzene rings is 1. The van der Waals surface area contributed by atoms with E-state index in [4.69, 9.17) is 0 Å². The van der Waals surface area contributed by atoms with Crippen LogP contribution >= 0.6 is 0 Å². The highest BCUT2D eigenvalue weighted by Crippen LogP contribution is 2.21. The maximum atomic E-state index is 13.0. The first-order valence-corrected chi connectivity index (χ1v) is 7.56. The summed E-state index contributed by atoms with van der Waals surface area (Å²) in [6, 6.07) is 9.62. The second kappa shape index (κ2) is 6.83. The van der Waals surface area contributed by atoms with Crippen molar-refractivity contribution in [2.75, 3.05) is 0 Å². The Morgan fingerprint density at radius 3 is 2.44 bits per heavy atom. The molecular weight excluding hydrogens is 324 g/mol. The molecule has 0 fully saturated rings. The van der Waals surface area contributed by atoms with Gasteiger partial charge >= 0.3 is 5.69 Å². The Labute approximate surface area is 142 Å². The van der Waals surface area contributed by atoms with E-state index >= 15 is 0 Å². The molecule has 0 atom stereocenters. The van der Waals surface area contributed by atoms with E-state index in [0.29, 0.717) is 23.7 Å². The molecule has 0 aliphatic rings. The smallest absolute Gasteiger partial charge is 0.337 e.